The number of nitrogens with two attached hydrogens (primary N) is 1. The van der Waals surface area contributed by atoms with Crippen molar-refractivity contribution >= 4 is 11.6 Å². The quantitative estimate of drug-likeness (QED) is 0.798. The van der Waals surface area contributed by atoms with Gasteiger partial charge in [0.05, 0.1) is 6.04 Å². The van der Waals surface area contributed by atoms with E-state index in [4.69, 9.17) is 5.73 Å². The lowest BCUT2D eigenvalue weighted by Crippen LogP contribution is -2.27. The molecule has 0 saturated carbocycles. The molecular formula is C14H16N4O. The first kappa shape index (κ1) is 11.8. The Morgan fingerprint density at radius 2 is 2.32 bits per heavy atom. The van der Waals surface area contributed by atoms with Crippen LogP contribution in [-0.2, 0) is 13.5 Å². The van der Waals surface area contributed by atoms with Crippen LogP contribution in [0.15, 0.2) is 30.5 Å². The number of anilines is 1. The molecule has 3 rings (SSSR count). The minimum absolute atomic E-state index is 0.0603. The van der Waals surface area contributed by atoms with Crippen LogP contribution < -0.4 is 11.1 Å². The smallest absolute Gasteiger partial charge is 0.272 e. The third-order valence-corrected chi connectivity index (χ3v) is 3.50. The lowest BCUT2D eigenvalue weighted by molar-refractivity contribution is 0.0931. The molecule has 1 amide bonds. The predicted octanol–water partition coefficient (Wildman–Crippen LogP) is 1.42. The first-order chi connectivity index (χ1) is 9.13. The molecule has 1 atom stereocenters. The van der Waals surface area contributed by atoms with Crippen molar-refractivity contribution in [1.82, 2.24) is 15.1 Å². The summed E-state index contributed by atoms with van der Waals surface area (Å²) < 4.78 is 1.62. The molecule has 1 aromatic carbocycles. The van der Waals surface area contributed by atoms with Gasteiger partial charge in [-0.2, -0.15) is 5.10 Å². The van der Waals surface area contributed by atoms with E-state index in [1.54, 1.807) is 24.0 Å². The number of nitrogens with one attached hydrogen (secondary N) is 1. The van der Waals surface area contributed by atoms with Crippen LogP contribution in [-0.4, -0.2) is 15.7 Å². The van der Waals surface area contributed by atoms with Crippen molar-refractivity contribution in [1.29, 1.82) is 0 Å². The molecule has 2 aromatic rings. The summed E-state index contributed by atoms with van der Waals surface area (Å²) in [6.45, 7) is 0. The lowest BCUT2D eigenvalue weighted by atomic mass is 10.1. The van der Waals surface area contributed by atoms with Crippen molar-refractivity contribution in [3.63, 3.8) is 0 Å². The second kappa shape index (κ2) is 4.42. The van der Waals surface area contributed by atoms with E-state index < -0.39 is 0 Å². The van der Waals surface area contributed by atoms with Gasteiger partial charge in [0.15, 0.2) is 0 Å². The zero-order chi connectivity index (χ0) is 13.4. The fourth-order valence-electron chi connectivity index (χ4n) is 2.56. The van der Waals surface area contributed by atoms with Crippen LogP contribution in [0.5, 0.6) is 0 Å². The van der Waals surface area contributed by atoms with Gasteiger partial charge in [-0.25, -0.2) is 0 Å². The maximum atomic E-state index is 12.1. The zero-order valence-corrected chi connectivity index (χ0v) is 10.8. The van der Waals surface area contributed by atoms with Crippen LogP contribution in [0, 0.1) is 0 Å². The van der Waals surface area contributed by atoms with Crippen LogP contribution in [0.3, 0.4) is 0 Å². The number of nitrogens with zero attached hydrogens (tertiary/aromatic N) is 2. The molecule has 98 valence electrons. The van der Waals surface area contributed by atoms with E-state index in [-0.39, 0.29) is 11.9 Å². The Kier molecular flexibility index (Phi) is 2.74. The van der Waals surface area contributed by atoms with Crippen LogP contribution in [0.25, 0.3) is 0 Å². The molecule has 1 unspecified atom stereocenters. The fraction of sp³-hybridized carbons (Fsp3) is 0.286. The number of carbonyl (C=O) groups excluding carboxylic acids is 1. The number of carbonyl (C=O) groups is 1. The number of hydrogen-bond donors (Lipinski definition) is 2. The number of nitrogen functional groups attached to an aromatic ring is 1. The highest BCUT2D eigenvalue weighted by molar-refractivity contribution is 5.92. The molecule has 0 fully saturated rings. The van der Waals surface area contributed by atoms with E-state index >= 15 is 0 Å². The van der Waals surface area contributed by atoms with Crippen molar-refractivity contribution < 1.29 is 4.79 Å². The summed E-state index contributed by atoms with van der Waals surface area (Å²) in [6.07, 6.45) is 3.63. The molecule has 1 aliphatic carbocycles. The second-order valence-electron chi connectivity index (χ2n) is 4.90. The highest BCUT2D eigenvalue weighted by atomic mass is 16.2. The normalized spacial score (nSPS) is 17.2. The molecule has 0 spiro atoms. The van der Waals surface area contributed by atoms with Crippen LogP contribution >= 0.6 is 0 Å². The molecule has 3 N–H and O–H groups in total. The molecule has 1 heterocycles. The van der Waals surface area contributed by atoms with E-state index in [9.17, 15) is 4.79 Å². The summed E-state index contributed by atoms with van der Waals surface area (Å²) in [6, 6.07) is 7.65. The van der Waals surface area contributed by atoms with Crippen molar-refractivity contribution in [2.24, 2.45) is 7.05 Å². The Morgan fingerprint density at radius 1 is 1.47 bits per heavy atom. The Labute approximate surface area is 111 Å². The molecule has 1 aromatic heterocycles. The Bertz CT molecular complexity index is 632. The highest BCUT2D eigenvalue weighted by Gasteiger charge is 2.24. The van der Waals surface area contributed by atoms with E-state index in [0.717, 1.165) is 18.5 Å². The van der Waals surface area contributed by atoms with E-state index in [1.807, 2.05) is 18.2 Å². The van der Waals surface area contributed by atoms with Gasteiger partial charge in [0.1, 0.15) is 5.69 Å². The SMILES string of the molecule is Cn1ccc(C(=O)NC2CCc3cc(N)ccc32)n1. The van der Waals surface area contributed by atoms with Crippen molar-refractivity contribution in [2.45, 2.75) is 18.9 Å². The minimum atomic E-state index is -0.129. The molecule has 0 saturated heterocycles. The summed E-state index contributed by atoms with van der Waals surface area (Å²) in [5.74, 6) is -0.129. The van der Waals surface area contributed by atoms with E-state index in [2.05, 4.69) is 10.4 Å². The van der Waals surface area contributed by atoms with Gasteiger partial charge in [0.25, 0.3) is 5.91 Å². The summed E-state index contributed by atoms with van der Waals surface area (Å²) in [7, 11) is 1.80. The van der Waals surface area contributed by atoms with Crippen molar-refractivity contribution in [2.75, 3.05) is 5.73 Å². The Morgan fingerprint density at radius 3 is 3.05 bits per heavy atom. The van der Waals surface area contributed by atoms with Crippen LogP contribution in [0.2, 0.25) is 0 Å². The number of hydrogen-bond acceptors (Lipinski definition) is 3. The minimum Gasteiger partial charge on any atom is -0.399 e. The van der Waals surface area contributed by atoms with Gasteiger partial charge < -0.3 is 11.1 Å². The highest BCUT2D eigenvalue weighted by Crippen LogP contribution is 2.32. The number of aryl methyl sites for hydroxylation is 2. The van der Waals surface area contributed by atoms with Gasteiger partial charge in [-0.3, -0.25) is 9.48 Å². The average molecular weight is 256 g/mol. The van der Waals surface area contributed by atoms with Gasteiger partial charge in [-0.05, 0) is 42.2 Å². The molecule has 0 bridgehead atoms. The number of fused-ring (bicyclic) bond motifs is 1. The summed E-state index contributed by atoms with van der Waals surface area (Å²) in [4.78, 5) is 12.1. The number of aromatic nitrogens is 2. The van der Waals surface area contributed by atoms with Gasteiger partial charge in [-0.15, -0.1) is 0 Å². The van der Waals surface area contributed by atoms with E-state index in [1.165, 1.54) is 11.1 Å². The summed E-state index contributed by atoms with van der Waals surface area (Å²) >= 11 is 0. The first-order valence-corrected chi connectivity index (χ1v) is 6.32. The molecule has 5 heteroatoms. The van der Waals surface area contributed by atoms with Crippen molar-refractivity contribution in [3.8, 4) is 0 Å². The van der Waals surface area contributed by atoms with Crippen molar-refractivity contribution in [3.05, 3.63) is 47.3 Å². The Hall–Kier alpha value is -2.30. The molecule has 0 aliphatic heterocycles. The largest absolute Gasteiger partial charge is 0.399 e. The topological polar surface area (TPSA) is 72.9 Å². The zero-order valence-electron chi connectivity index (χ0n) is 10.8. The number of amides is 1. The number of rotatable bonds is 2. The molecule has 1 aliphatic rings. The first-order valence-electron chi connectivity index (χ1n) is 6.32. The maximum Gasteiger partial charge on any atom is 0.272 e. The van der Waals surface area contributed by atoms with E-state index in [0.29, 0.717) is 5.69 Å². The Balaban J connectivity index is 1.78. The molecule has 5 nitrogen and oxygen atoms in total. The average Bonchev–Trinajstić information content (AvgIpc) is 2.96. The monoisotopic (exact) mass is 256 g/mol. The van der Waals surface area contributed by atoms with Crippen LogP contribution in [0.4, 0.5) is 5.69 Å². The van der Waals surface area contributed by atoms with Gasteiger partial charge >= 0.3 is 0 Å². The molecule has 19 heavy (non-hydrogen) atoms. The third-order valence-electron chi connectivity index (χ3n) is 3.50. The van der Waals surface area contributed by atoms with Gasteiger partial charge in [0, 0.05) is 18.9 Å². The fourth-order valence-corrected chi connectivity index (χ4v) is 2.56. The lowest BCUT2D eigenvalue weighted by Gasteiger charge is -2.13. The maximum absolute atomic E-state index is 12.1. The number of benzene rings is 1. The van der Waals surface area contributed by atoms with Gasteiger partial charge in [0.2, 0.25) is 0 Å². The standard InChI is InChI=1S/C14H16N4O/c1-18-7-6-13(17-18)14(19)16-12-5-2-9-8-10(15)3-4-11(9)12/h3-4,6-8,12H,2,5,15H2,1H3,(H,16,19). The molecule has 0 radical (unpaired) electrons. The predicted molar refractivity (Wildman–Crippen MR) is 72.6 cm³/mol. The summed E-state index contributed by atoms with van der Waals surface area (Å²) in [5.41, 5.74) is 9.39. The van der Waals surface area contributed by atoms with Crippen LogP contribution in [0.1, 0.15) is 34.1 Å². The third kappa shape index (κ3) is 2.19. The second-order valence-corrected chi connectivity index (χ2v) is 4.90. The molecular weight excluding hydrogens is 240 g/mol. The van der Waals surface area contributed by atoms with Gasteiger partial charge in [-0.1, -0.05) is 6.07 Å². The summed E-state index contributed by atoms with van der Waals surface area (Å²) in [5, 5.41) is 7.14.